The Bertz CT molecular complexity index is 414. The van der Waals surface area contributed by atoms with Crippen LogP contribution in [0.1, 0.15) is 18.4 Å². The fraction of sp³-hybridized carbons (Fsp3) is 0.462. The van der Waals surface area contributed by atoms with Crippen LogP contribution in [0.25, 0.3) is 0 Å². The van der Waals surface area contributed by atoms with E-state index in [0.29, 0.717) is 0 Å². The maximum Gasteiger partial charge on any atom is 0.228 e. The fourth-order valence-corrected chi connectivity index (χ4v) is 2.72. The first-order chi connectivity index (χ1) is 8.16. The third-order valence-electron chi connectivity index (χ3n) is 3.11. The Balaban J connectivity index is 2.02. The molecule has 1 aliphatic rings. The Hall–Kier alpha value is -0.620. The van der Waals surface area contributed by atoms with Crippen molar-refractivity contribution < 1.29 is 4.79 Å². The molecule has 1 saturated heterocycles. The van der Waals surface area contributed by atoms with Crippen molar-refractivity contribution in [3.63, 3.8) is 0 Å². The summed E-state index contributed by atoms with van der Waals surface area (Å²) in [6.45, 7) is 3.86. The highest BCUT2D eigenvalue weighted by atomic mass is 127. The van der Waals surface area contributed by atoms with Crippen LogP contribution in [0.15, 0.2) is 18.2 Å². The Labute approximate surface area is 116 Å². The number of hydrogen-bond acceptors (Lipinski definition) is 2. The second-order valence-corrected chi connectivity index (χ2v) is 5.74. The lowest BCUT2D eigenvalue weighted by Crippen LogP contribution is -2.37. The molecule has 1 aliphatic heterocycles. The molecule has 1 fully saturated rings. The normalized spacial score (nSPS) is 20.0. The minimum Gasteiger partial charge on any atom is -0.326 e. The average molecular weight is 344 g/mol. The summed E-state index contributed by atoms with van der Waals surface area (Å²) in [5.74, 6) is 0.254. The molecule has 1 amide bonds. The highest BCUT2D eigenvalue weighted by Gasteiger charge is 2.21. The second kappa shape index (κ2) is 5.82. The predicted octanol–water partition coefficient (Wildman–Crippen LogP) is 2.54. The summed E-state index contributed by atoms with van der Waals surface area (Å²) in [5.41, 5.74) is 2.05. The second-order valence-electron chi connectivity index (χ2n) is 4.49. The van der Waals surface area contributed by atoms with Gasteiger partial charge < -0.3 is 10.6 Å². The molecule has 4 heteroatoms. The lowest BCUT2D eigenvalue weighted by atomic mass is 9.98. The molecule has 92 valence electrons. The molecule has 1 heterocycles. The summed E-state index contributed by atoms with van der Waals surface area (Å²) < 4.78 is 1.19. The van der Waals surface area contributed by atoms with Crippen LogP contribution in [0.4, 0.5) is 5.69 Å². The zero-order chi connectivity index (χ0) is 12.3. The minimum absolute atomic E-state index is 0.113. The van der Waals surface area contributed by atoms with Crippen LogP contribution in [0, 0.1) is 16.4 Å². The topological polar surface area (TPSA) is 41.1 Å². The molecule has 17 heavy (non-hydrogen) atoms. The predicted molar refractivity (Wildman–Crippen MR) is 78.1 cm³/mol. The standard InChI is InChI=1S/C13H17IN2O/c1-9-7-11(14)4-5-12(9)16-13(17)10-3-2-6-15-8-10/h4-5,7,10,15H,2-3,6,8H2,1H3,(H,16,17)/t10-/m1/s1. The number of halogens is 1. The van der Waals surface area contributed by atoms with Crippen LogP contribution < -0.4 is 10.6 Å². The van der Waals surface area contributed by atoms with E-state index in [0.717, 1.165) is 37.2 Å². The summed E-state index contributed by atoms with van der Waals surface area (Å²) in [7, 11) is 0. The first kappa shape index (κ1) is 12.8. The molecule has 2 rings (SSSR count). The number of carbonyl (C=O) groups is 1. The fourth-order valence-electron chi connectivity index (χ4n) is 2.08. The molecule has 0 aromatic heterocycles. The van der Waals surface area contributed by atoms with Crippen LogP contribution in [0.3, 0.4) is 0 Å². The number of aryl methyl sites for hydroxylation is 1. The van der Waals surface area contributed by atoms with Crippen molar-refractivity contribution >= 4 is 34.2 Å². The number of anilines is 1. The van der Waals surface area contributed by atoms with Crippen LogP contribution in [0.5, 0.6) is 0 Å². The van der Waals surface area contributed by atoms with Crippen molar-refractivity contribution in [3.05, 3.63) is 27.3 Å². The average Bonchev–Trinajstić information content (AvgIpc) is 2.34. The molecular formula is C13H17IN2O. The number of piperidine rings is 1. The molecule has 0 spiro atoms. The van der Waals surface area contributed by atoms with E-state index in [-0.39, 0.29) is 11.8 Å². The third kappa shape index (κ3) is 3.42. The van der Waals surface area contributed by atoms with Crippen molar-refractivity contribution in [2.24, 2.45) is 5.92 Å². The van der Waals surface area contributed by atoms with E-state index >= 15 is 0 Å². The number of nitrogens with one attached hydrogen (secondary N) is 2. The van der Waals surface area contributed by atoms with Gasteiger partial charge in [0, 0.05) is 15.8 Å². The Morgan fingerprint density at radius 2 is 2.35 bits per heavy atom. The molecule has 0 unspecified atom stereocenters. The molecule has 2 N–H and O–H groups in total. The van der Waals surface area contributed by atoms with Gasteiger partial charge in [0.05, 0.1) is 5.92 Å². The van der Waals surface area contributed by atoms with E-state index in [4.69, 9.17) is 0 Å². The minimum atomic E-state index is 0.113. The van der Waals surface area contributed by atoms with Crippen LogP contribution in [-0.2, 0) is 4.79 Å². The number of amides is 1. The van der Waals surface area contributed by atoms with Gasteiger partial charge in [-0.3, -0.25) is 4.79 Å². The number of carbonyl (C=O) groups excluding carboxylic acids is 1. The highest BCUT2D eigenvalue weighted by Crippen LogP contribution is 2.19. The van der Waals surface area contributed by atoms with Gasteiger partial charge >= 0.3 is 0 Å². The maximum atomic E-state index is 12.1. The van der Waals surface area contributed by atoms with Gasteiger partial charge in [-0.25, -0.2) is 0 Å². The maximum absolute atomic E-state index is 12.1. The van der Waals surface area contributed by atoms with Gasteiger partial charge in [-0.15, -0.1) is 0 Å². The van der Waals surface area contributed by atoms with Crippen LogP contribution in [0.2, 0.25) is 0 Å². The van der Waals surface area contributed by atoms with Gasteiger partial charge in [0.2, 0.25) is 5.91 Å². The highest BCUT2D eigenvalue weighted by molar-refractivity contribution is 14.1. The van der Waals surface area contributed by atoms with Gasteiger partial charge in [0.1, 0.15) is 0 Å². The molecule has 0 bridgehead atoms. The van der Waals surface area contributed by atoms with Gasteiger partial charge in [0.25, 0.3) is 0 Å². The monoisotopic (exact) mass is 344 g/mol. The zero-order valence-corrected chi connectivity index (χ0v) is 12.1. The molecule has 1 aromatic rings. The largest absolute Gasteiger partial charge is 0.326 e. The van der Waals surface area contributed by atoms with Crippen molar-refractivity contribution in [3.8, 4) is 0 Å². The van der Waals surface area contributed by atoms with E-state index in [1.54, 1.807) is 0 Å². The summed E-state index contributed by atoms with van der Waals surface area (Å²) in [6.07, 6.45) is 2.08. The van der Waals surface area contributed by atoms with Gasteiger partial charge in [-0.2, -0.15) is 0 Å². The first-order valence-electron chi connectivity index (χ1n) is 5.94. The molecule has 0 aliphatic carbocycles. The lowest BCUT2D eigenvalue weighted by Gasteiger charge is -2.22. The number of hydrogen-bond donors (Lipinski definition) is 2. The van der Waals surface area contributed by atoms with Gasteiger partial charge in [-0.05, 0) is 72.7 Å². The molecular weight excluding hydrogens is 327 g/mol. The number of rotatable bonds is 2. The molecule has 0 saturated carbocycles. The van der Waals surface area contributed by atoms with Crippen molar-refractivity contribution in [1.29, 1.82) is 0 Å². The Kier molecular flexibility index (Phi) is 4.39. The van der Waals surface area contributed by atoms with E-state index < -0.39 is 0 Å². The smallest absolute Gasteiger partial charge is 0.228 e. The molecule has 0 radical (unpaired) electrons. The van der Waals surface area contributed by atoms with Crippen molar-refractivity contribution in [2.45, 2.75) is 19.8 Å². The third-order valence-corrected chi connectivity index (χ3v) is 3.78. The lowest BCUT2D eigenvalue weighted by molar-refractivity contribution is -0.120. The Morgan fingerprint density at radius 3 is 3.00 bits per heavy atom. The van der Waals surface area contributed by atoms with Crippen molar-refractivity contribution in [1.82, 2.24) is 5.32 Å². The summed E-state index contributed by atoms with van der Waals surface area (Å²) in [5, 5.41) is 6.29. The molecule has 3 nitrogen and oxygen atoms in total. The zero-order valence-electron chi connectivity index (χ0n) is 9.92. The Morgan fingerprint density at radius 1 is 1.53 bits per heavy atom. The van der Waals surface area contributed by atoms with E-state index in [1.807, 2.05) is 19.1 Å². The van der Waals surface area contributed by atoms with E-state index in [1.165, 1.54) is 3.57 Å². The summed E-state index contributed by atoms with van der Waals surface area (Å²) in [6, 6.07) is 6.07. The van der Waals surface area contributed by atoms with Crippen LogP contribution >= 0.6 is 22.6 Å². The molecule has 1 atom stereocenters. The van der Waals surface area contributed by atoms with Crippen molar-refractivity contribution in [2.75, 3.05) is 18.4 Å². The summed E-state index contributed by atoms with van der Waals surface area (Å²) in [4.78, 5) is 12.1. The SMILES string of the molecule is Cc1cc(I)ccc1NC(=O)[C@@H]1CCCNC1. The van der Waals surface area contributed by atoms with E-state index in [2.05, 4.69) is 39.3 Å². The van der Waals surface area contributed by atoms with E-state index in [9.17, 15) is 4.79 Å². The summed E-state index contributed by atoms with van der Waals surface area (Å²) >= 11 is 2.28. The quantitative estimate of drug-likeness (QED) is 0.810. The molecule has 1 aromatic carbocycles. The number of benzene rings is 1. The van der Waals surface area contributed by atoms with Crippen LogP contribution in [-0.4, -0.2) is 19.0 Å². The van der Waals surface area contributed by atoms with Gasteiger partial charge in [-0.1, -0.05) is 0 Å². The van der Waals surface area contributed by atoms with Gasteiger partial charge in [0.15, 0.2) is 0 Å². The first-order valence-corrected chi connectivity index (χ1v) is 7.02.